The third kappa shape index (κ3) is 7.35. The maximum Gasteiger partial charge on any atom is 0.466 e. The molecule has 4 N–H and O–H groups in total. The molecule has 0 heterocycles. The largest absolute Gasteiger partial charge is 0.466 e. The Bertz CT molecular complexity index is 852. The lowest BCUT2D eigenvalue weighted by molar-refractivity contribution is 0.164. The van der Waals surface area contributed by atoms with E-state index in [0.717, 1.165) is 17.6 Å². The van der Waals surface area contributed by atoms with Crippen LogP contribution in [0, 0.1) is 0 Å². The van der Waals surface area contributed by atoms with E-state index in [4.69, 9.17) is 24.1 Å². The zero-order valence-electron chi connectivity index (χ0n) is 14.3. The van der Waals surface area contributed by atoms with Gasteiger partial charge in [-0.25, -0.2) is 4.57 Å². The van der Waals surface area contributed by atoms with Gasteiger partial charge in [0, 0.05) is 11.4 Å². The molecular weight excluding hydrogens is 353 g/mol. The van der Waals surface area contributed by atoms with Crippen molar-refractivity contribution in [3.8, 4) is 5.75 Å². The lowest BCUT2D eigenvalue weighted by Crippen LogP contribution is -2.31. The van der Waals surface area contributed by atoms with Crippen LogP contribution < -0.4 is 10.3 Å². The highest BCUT2D eigenvalue weighted by Crippen LogP contribution is 2.26. The fourth-order valence-electron chi connectivity index (χ4n) is 2.46. The van der Waals surface area contributed by atoms with Crippen molar-refractivity contribution in [2.75, 3.05) is 0 Å². The third-order valence-corrected chi connectivity index (χ3v) is 3.50. The molecule has 3 aromatic carbocycles. The molecule has 6 nitrogen and oxygen atoms in total. The SMILES string of the molecule is CC(Cc1ccccc1)NOc1cccc2ccccc12.O=P(O)(O)O. The van der Waals surface area contributed by atoms with Crippen LogP contribution in [-0.4, -0.2) is 20.7 Å². The van der Waals surface area contributed by atoms with E-state index in [0.29, 0.717) is 0 Å². The molecule has 0 fully saturated rings. The van der Waals surface area contributed by atoms with Gasteiger partial charge in [0.15, 0.2) is 5.75 Å². The molecule has 26 heavy (non-hydrogen) atoms. The van der Waals surface area contributed by atoms with Crippen LogP contribution in [-0.2, 0) is 11.0 Å². The van der Waals surface area contributed by atoms with Gasteiger partial charge in [0.1, 0.15) is 0 Å². The van der Waals surface area contributed by atoms with Crippen molar-refractivity contribution in [3.05, 3.63) is 78.4 Å². The van der Waals surface area contributed by atoms with Gasteiger partial charge in [-0.2, -0.15) is 5.48 Å². The van der Waals surface area contributed by atoms with Gasteiger partial charge in [-0.05, 0) is 30.4 Å². The van der Waals surface area contributed by atoms with Crippen LogP contribution >= 0.6 is 7.82 Å². The molecule has 0 bridgehead atoms. The Balaban J connectivity index is 0.000000431. The standard InChI is InChI=1S/C19H19NO.H3O4P/c1-15(14-16-8-3-2-4-9-16)20-21-19-13-7-11-17-10-5-6-12-18(17)19;1-5(2,3)4/h2-13,15,20H,14H2,1H3;(H3,1,2,3,4). The van der Waals surface area contributed by atoms with Crippen LogP contribution in [0.2, 0.25) is 0 Å². The van der Waals surface area contributed by atoms with Gasteiger partial charge >= 0.3 is 7.82 Å². The maximum atomic E-state index is 8.88. The molecule has 0 saturated carbocycles. The van der Waals surface area contributed by atoms with E-state index in [9.17, 15) is 0 Å². The van der Waals surface area contributed by atoms with Gasteiger partial charge in [-0.3, -0.25) is 0 Å². The number of rotatable bonds is 5. The number of fused-ring (bicyclic) bond motifs is 1. The Kier molecular flexibility index (Phi) is 7.33. The Morgan fingerprint density at radius 1 is 0.923 bits per heavy atom. The van der Waals surface area contributed by atoms with Crippen LogP contribution in [0.25, 0.3) is 10.8 Å². The molecule has 0 aromatic heterocycles. The van der Waals surface area contributed by atoms with Gasteiger partial charge in [-0.15, -0.1) is 0 Å². The molecule has 0 aliphatic carbocycles. The summed E-state index contributed by atoms with van der Waals surface area (Å²) in [6.07, 6.45) is 0.936. The summed E-state index contributed by atoms with van der Waals surface area (Å²) >= 11 is 0. The molecule has 0 spiro atoms. The first-order valence-corrected chi connectivity index (χ1v) is 9.62. The zero-order chi connectivity index (χ0) is 19.0. The third-order valence-electron chi connectivity index (χ3n) is 3.50. The average molecular weight is 375 g/mol. The van der Waals surface area contributed by atoms with E-state index in [1.807, 2.05) is 30.3 Å². The van der Waals surface area contributed by atoms with Crippen molar-refractivity contribution >= 4 is 18.6 Å². The molecule has 0 aliphatic heterocycles. The predicted octanol–water partition coefficient (Wildman–Crippen LogP) is 3.43. The predicted molar refractivity (Wildman–Crippen MR) is 102 cm³/mol. The fourth-order valence-corrected chi connectivity index (χ4v) is 2.46. The Labute approximate surface area is 152 Å². The highest BCUT2D eigenvalue weighted by Gasteiger charge is 2.06. The van der Waals surface area contributed by atoms with Gasteiger partial charge in [0.2, 0.25) is 0 Å². The number of hydrogen-bond acceptors (Lipinski definition) is 3. The van der Waals surface area contributed by atoms with Crippen LogP contribution in [0.1, 0.15) is 12.5 Å². The van der Waals surface area contributed by atoms with Crippen LogP contribution in [0.15, 0.2) is 72.8 Å². The minimum absolute atomic E-state index is 0.242. The summed E-state index contributed by atoms with van der Waals surface area (Å²) in [5, 5.41) is 2.31. The van der Waals surface area contributed by atoms with E-state index in [1.165, 1.54) is 10.9 Å². The van der Waals surface area contributed by atoms with Crippen molar-refractivity contribution in [2.45, 2.75) is 19.4 Å². The number of benzene rings is 3. The normalized spacial score (nSPS) is 12.2. The van der Waals surface area contributed by atoms with Crippen molar-refractivity contribution in [1.29, 1.82) is 0 Å². The van der Waals surface area contributed by atoms with Gasteiger partial charge in [0.05, 0.1) is 0 Å². The van der Waals surface area contributed by atoms with Crippen molar-refractivity contribution in [1.82, 2.24) is 5.48 Å². The van der Waals surface area contributed by atoms with E-state index >= 15 is 0 Å². The second-order valence-electron chi connectivity index (χ2n) is 5.80. The van der Waals surface area contributed by atoms with Crippen LogP contribution in [0.5, 0.6) is 5.75 Å². The number of hydrogen-bond donors (Lipinski definition) is 4. The molecule has 0 amide bonds. The average Bonchev–Trinajstić information content (AvgIpc) is 2.59. The van der Waals surface area contributed by atoms with E-state index in [2.05, 4.69) is 54.9 Å². The van der Waals surface area contributed by atoms with Crippen LogP contribution in [0.3, 0.4) is 0 Å². The first-order valence-electron chi connectivity index (χ1n) is 8.05. The first kappa shape index (κ1) is 20.1. The Morgan fingerprint density at radius 2 is 1.50 bits per heavy atom. The van der Waals surface area contributed by atoms with Gasteiger partial charge in [0.25, 0.3) is 0 Å². The molecular formula is C19H22NO5P. The molecule has 0 radical (unpaired) electrons. The van der Waals surface area contributed by atoms with Crippen molar-refractivity contribution in [2.24, 2.45) is 0 Å². The van der Waals surface area contributed by atoms with E-state index in [-0.39, 0.29) is 6.04 Å². The second-order valence-corrected chi connectivity index (χ2v) is 6.83. The monoisotopic (exact) mass is 375 g/mol. The molecule has 7 heteroatoms. The molecule has 3 aromatic rings. The van der Waals surface area contributed by atoms with Gasteiger partial charge in [-0.1, -0.05) is 66.7 Å². The van der Waals surface area contributed by atoms with Crippen molar-refractivity contribution < 1.29 is 24.1 Å². The van der Waals surface area contributed by atoms with Gasteiger partial charge < -0.3 is 19.5 Å². The first-order chi connectivity index (χ1) is 12.3. The fraction of sp³-hybridized carbons (Fsp3) is 0.158. The Morgan fingerprint density at radius 3 is 2.19 bits per heavy atom. The molecule has 1 unspecified atom stereocenters. The summed E-state index contributed by atoms with van der Waals surface area (Å²) in [4.78, 5) is 27.4. The summed E-state index contributed by atoms with van der Waals surface area (Å²) < 4.78 is 8.88. The highest BCUT2D eigenvalue weighted by atomic mass is 31.2. The summed E-state index contributed by atoms with van der Waals surface area (Å²) in [6, 6.07) is 25.0. The Hall–Kier alpha value is -2.21. The summed E-state index contributed by atoms with van der Waals surface area (Å²) in [7, 11) is -4.64. The minimum Gasteiger partial charge on any atom is -0.408 e. The summed E-state index contributed by atoms with van der Waals surface area (Å²) in [5.41, 5.74) is 4.44. The van der Waals surface area contributed by atoms with Crippen LogP contribution in [0.4, 0.5) is 0 Å². The van der Waals surface area contributed by atoms with Crippen molar-refractivity contribution in [3.63, 3.8) is 0 Å². The molecule has 0 aliphatic rings. The molecule has 3 rings (SSSR count). The quantitative estimate of drug-likeness (QED) is 0.403. The number of nitrogens with one attached hydrogen (secondary N) is 1. The maximum absolute atomic E-state index is 8.88. The zero-order valence-corrected chi connectivity index (χ0v) is 15.2. The molecule has 1 atom stereocenters. The van der Waals surface area contributed by atoms with E-state index < -0.39 is 7.82 Å². The summed E-state index contributed by atoms with van der Waals surface area (Å²) in [5.74, 6) is 0.869. The summed E-state index contributed by atoms with van der Waals surface area (Å²) in [6.45, 7) is 2.12. The van der Waals surface area contributed by atoms with E-state index in [1.54, 1.807) is 0 Å². The molecule has 138 valence electrons. The lowest BCUT2D eigenvalue weighted by atomic mass is 10.1. The topological polar surface area (TPSA) is 99.0 Å². The molecule has 0 saturated heterocycles. The second kappa shape index (κ2) is 9.48. The number of hydroxylamine groups is 1. The smallest absolute Gasteiger partial charge is 0.408 e. The minimum atomic E-state index is -4.64. The lowest BCUT2D eigenvalue weighted by Gasteiger charge is -2.15. The number of phosphoric acid groups is 1. The highest BCUT2D eigenvalue weighted by molar-refractivity contribution is 7.45.